The fourth-order valence-electron chi connectivity index (χ4n) is 1.24. The maximum Gasteiger partial charge on any atom is 0.313 e. The first kappa shape index (κ1) is 12.0. The van der Waals surface area contributed by atoms with Gasteiger partial charge >= 0.3 is 5.15 Å². The van der Waals surface area contributed by atoms with Crippen molar-refractivity contribution in [3.63, 3.8) is 0 Å². The minimum atomic E-state index is 0.00972. The van der Waals surface area contributed by atoms with E-state index >= 15 is 0 Å². The van der Waals surface area contributed by atoms with Gasteiger partial charge in [0.1, 0.15) is 5.75 Å². The SMILES string of the molecule is CSc1ccccc1Oc1ccc(Cl)[n+]([O-])n1. The molecular weight excluding hydrogens is 260 g/mol. The van der Waals surface area contributed by atoms with E-state index in [1.54, 1.807) is 17.8 Å². The first-order valence-corrected chi connectivity index (χ1v) is 6.38. The van der Waals surface area contributed by atoms with E-state index in [1.165, 1.54) is 6.07 Å². The zero-order valence-corrected chi connectivity index (χ0v) is 10.5. The molecule has 1 aromatic carbocycles. The molecule has 0 saturated carbocycles. The lowest BCUT2D eigenvalue weighted by molar-refractivity contribution is -0.667. The van der Waals surface area contributed by atoms with Gasteiger partial charge in [-0.1, -0.05) is 12.1 Å². The number of halogens is 1. The predicted octanol–water partition coefficient (Wildman–Crippen LogP) is 2.88. The van der Waals surface area contributed by atoms with Gasteiger partial charge in [0.25, 0.3) is 5.88 Å². The molecule has 0 aliphatic carbocycles. The number of rotatable bonds is 3. The molecule has 6 heteroatoms. The van der Waals surface area contributed by atoms with E-state index in [2.05, 4.69) is 5.10 Å². The Morgan fingerprint density at radius 1 is 1.29 bits per heavy atom. The van der Waals surface area contributed by atoms with Crippen molar-refractivity contribution in [3.8, 4) is 11.6 Å². The van der Waals surface area contributed by atoms with Crippen LogP contribution < -0.4 is 9.58 Å². The van der Waals surface area contributed by atoms with Gasteiger partial charge in [0.05, 0.1) is 5.10 Å². The summed E-state index contributed by atoms with van der Waals surface area (Å²) in [5, 5.41) is 14.8. The van der Waals surface area contributed by atoms with Gasteiger partial charge in [-0.25, -0.2) is 0 Å². The van der Waals surface area contributed by atoms with E-state index in [0.717, 1.165) is 4.90 Å². The molecule has 1 aromatic heterocycles. The Bertz CT molecular complexity index is 537. The van der Waals surface area contributed by atoms with Gasteiger partial charge in [-0.05, 0) is 34.8 Å². The third-order valence-corrected chi connectivity index (χ3v) is 3.07. The van der Waals surface area contributed by atoms with Crippen LogP contribution in [0, 0.1) is 5.21 Å². The van der Waals surface area contributed by atoms with Crippen molar-refractivity contribution in [1.29, 1.82) is 0 Å². The minimum absolute atomic E-state index is 0.00972. The topological polar surface area (TPSA) is 49.1 Å². The third kappa shape index (κ3) is 2.81. The van der Waals surface area contributed by atoms with Crippen LogP contribution in [0.2, 0.25) is 5.15 Å². The third-order valence-electron chi connectivity index (χ3n) is 2.02. The first-order valence-electron chi connectivity index (χ1n) is 4.78. The summed E-state index contributed by atoms with van der Waals surface area (Å²) in [7, 11) is 0. The molecule has 0 bridgehead atoms. The Morgan fingerprint density at radius 3 is 2.76 bits per heavy atom. The summed E-state index contributed by atoms with van der Waals surface area (Å²) in [6.45, 7) is 0. The number of hydrogen-bond donors (Lipinski definition) is 0. The van der Waals surface area contributed by atoms with Crippen molar-refractivity contribution in [2.24, 2.45) is 0 Å². The molecule has 0 amide bonds. The van der Waals surface area contributed by atoms with E-state index in [9.17, 15) is 5.21 Å². The first-order chi connectivity index (χ1) is 8.20. The maximum atomic E-state index is 11.2. The summed E-state index contributed by atoms with van der Waals surface area (Å²) in [5.74, 6) is 0.876. The van der Waals surface area contributed by atoms with Crippen LogP contribution in [0.25, 0.3) is 0 Å². The molecule has 1 heterocycles. The highest BCUT2D eigenvalue weighted by atomic mass is 35.5. The van der Waals surface area contributed by atoms with Crippen LogP contribution in [0.4, 0.5) is 0 Å². The van der Waals surface area contributed by atoms with Crippen molar-refractivity contribution in [2.45, 2.75) is 4.90 Å². The van der Waals surface area contributed by atoms with Crippen LogP contribution >= 0.6 is 23.4 Å². The summed E-state index contributed by atoms with van der Waals surface area (Å²) in [4.78, 5) is 1.29. The van der Waals surface area contributed by atoms with Crippen molar-refractivity contribution in [2.75, 3.05) is 6.26 Å². The molecule has 4 nitrogen and oxygen atoms in total. The predicted molar refractivity (Wildman–Crippen MR) is 66.5 cm³/mol. The molecule has 0 aliphatic heterocycles. The number of ether oxygens (including phenoxy) is 1. The highest BCUT2D eigenvalue weighted by molar-refractivity contribution is 7.98. The molecule has 88 valence electrons. The van der Waals surface area contributed by atoms with Crippen molar-refractivity contribution < 1.29 is 9.58 Å². The Labute approximate surface area is 108 Å². The number of para-hydroxylation sites is 1. The number of thioether (sulfide) groups is 1. The lowest BCUT2D eigenvalue weighted by Gasteiger charge is -2.07. The molecule has 0 atom stereocenters. The second-order valence-electron chi connectivity index (χ2n) is 3.12. The fraction of sp³-hybridized carbons (Fsp3) is 0.0909. The second kappa shape index (κ2) is 5.25. The number of aromatic nitrogens is 2. The normalized spacial score (nSPS) is 10.2. The molecule has 0 saturated heterocycles. The number of nitrogens with zero attached hydrogens (tertiary/aromatic N) is 2. The van der Waals surface area contributed by atoms with Crippen molar-refractivity contribution in [3.05, 3.63) is 46.8 Å². The van der Waals surface area contributed by atoms with Crippen LogP contribution in [-0.2, 0) is 0 Å². The van der Waals surface area contributed by atoms with Crippen LogP contribution in [0.1, 0.15) is 0 Å². The average Bonchev–Trinajstić information content (AvgIpc) is 2.34. The van der Waals surface area contributed by atoms with Crippen molar-refractivity contribution in [1.82, 2.24) is 5.10 Å². The molecule has 2 aromatic rings. The summed E-state index contributed by atoms with van der Waals surface area (Å²) in [6, 6.07) is 10.5. The van der Waals surface area contributed by atoms with Gasteiger partial charge in [-0.2, -0.15) is 0 Å². The van der Waals surface area contributed by atoms with Gasteiger partial charge in [0, 0.05) is 17.0 Å². The molecule has 0 aliphatic rings. The lowest BCUT2D eigenvalue weighted by Crippen LogP contribution is -2.32. The van der Waals surface area contributed by atoms with Gasteiger partial charge in [-0.15, -0.1) is 11.8 Å². The van der Waals surface area contributed by atoms with Gasteiger partial charge in [-0.3, -0.25) is 0 Å². The lowest BCUT2D eigenvalue weighted by atomic mass is 10.3. The van der Waals surface area contributed by atoms with Crippen LogP contribution in [-0.4, -0.2) is 11.4 Å². The Balaban J connectivity index is 2.28. The highest BCUT2D eigenvalue weighted by Crippen LogP contribution is 2.30. The largest absolute Gasteiger partial charge is 0.593 e. The summed E-state index contributed by atoms with van der Waals surface area (Å²) < 4.78 is 5.52. The van der Waals surface area contributed by atoms with Crippen LogP contribution in [0.3, 0.4) is 0 Å². The van der Waals surface area contributed by atoms with Gasteiger partial charge < -0.3 is 9.94 Å². The molecule has 0 fully saturated rings. The molecule has 0 N–H and O–H groups in total. The monoisotopic (exact) mass is 268 g/mol. The van der Waals surface area contributed by atoms with E-state index in [-0.39, 0.29) is 11.0 Å². The Kier molecular flexibility index (Phi) is 3.71. The zero-order chi connectivity index (χ0) is 12.3. The summed E-state index contributed by atoms with van der Waals surface area (Å²) in [6.07, 6.45) is 1.95. The average molecular weight is 269 g/mol. The standard InChI is InChI=1S/C11H9ClN2O2S/c1-17-9-5-3-2-4-8(9)16-11-7-6-10(12)14(15)13-11/h2-7H,1H3. The number of hydrogen-bond acceptors (Lipinski definition) is 4. The molecule has 0 radical (unpaired) electrons. The van der Waals surface area contributed by atoms with E-state index in [4.69, 9.17) is 16.3 Å². The van der Waals surface area contributed by atoms with E-state index in [1.807, 2.05) is 30.5 Å². The fourth-order valence-corrected chi connectivity index (χ4v) is 1.87. The van der Waals surface area contributed by atoms with E-state index < -0.39 is 0 Å². The molecule has 2 rings (SSSR count). The van der Waals surface area contributed by atoms with Crippen molar-refractivity contribution >= 4 is 23.4 Å². The molecule has 0 unspecified atom stereocenters. The molecular formula is C11H9ClN2O2S. The zero-order valence-electron chi connectivity index (χ0n) is 8.96. The molecule has 17 heavy (non-hydrogen) atoms. The van der Waals surface area contributed by atoms with E-state index in [0.29, 0.717) is 10.6 Å². The second-order valence-corrected chi connectivity index (χ2v) is 4.36. The molecule has 0 spiro atoms. The highest BCUT2D eigenvalue weighted by Gasteiger charge is 2.09. The Hall–Kier alpha value is -1.46. The van der Waals surface area contributed by atoms with Crippen LogP contribution in [0.15, 0.2) is 41.3 Å². The Morgan fingerprint density at radius 2 is 2.06 bits per heavy atom. The smallest absolute Gasteiger partial charge is 0.313 e. The van der Waals surface area contributed by atoms with Crippen LogP contribution in [0.5, 0.6) is 11.6 Å². The summed E-state index contributed by atoms with van der Waals surface area (Å²) in [5.41, 5.74) is 0. The van der Waals surface area contributed by atoms with Gasteiger partial charge in [0.2, 0.25) is 0 Å². The van der Waals surface area contributed by atoms with Gasteiger partial charge in [0.15, 0.2) is 0 Å². The summed E-state index contributed by atoms with van der Waals surface area (Å²) >= 11 is 7.13. The maximum absolute atomic E-state index is 11.2. The number of benzene rings is 1. The minimum Gasteiger partial charge on any atom is -0.593 e. The quantitative estimate of drug-likeness (QED) is 0.488.